The molecule has 2 rings (SSSR count). The van der Waals surface area contributed by atoms with E-state index in [1.165, 1.54) is 0 Å². The Labute approximate surface area is 138 Å². The quantitative estimate of drug-likeness (QED) is 0.769. The van der Waals surface area contributed by atoms with Gasteiger partial charge in [0.1, 0.15) is 0 Å². The van der Waals surface area contributed by atoms with Gasteiger partial charge in [-0.15, -0.1) is 0 Å². The summed E-state index contributed by atoms with van der Waals surface area (Å²) < 4.78 is 27.3. The van der Waals surface area contributed by atoms with Crippen LogP contribution >= 0.6 is 0 Å². The molecule has 0 spiro atoms. The van der Waals surface area contributed by atoms with E-state index in [-0.39, 0.29) is 17.7 Å². The summed E-state index contributed by atoms with van der Waals surface area (Å²) in [4.78, 5) is 9.05. The van der Waals surface area contributed by atoms with Crippen molar-refractivity contribution in [2.75, 3.05) is 38.5 Å². The second kappa shape index (κ2) is 7.69. The van der Waals surface area contributed by atoms with Crippen LogP contribution in [0.25, 0.3) is 0 Å². The zero-order valence-electron chi connectivity index (χ0n) is 14.1. The molecule has 0 aromatic carbocycles. The van der Waals surface area contributed by atoms with Gasteiger partial charge in [0.15, 0.2) is 5.82 Å². The predicted molar refractivity (Wildman–Crippen MR) is 87.4 cm³/mol. The highest BCUT2D eigenvalue weighted by Gasteiger charge is 2.26. The maximum Gasteiger partial charge on any atom is 0.243 e. The highest BCUT2D eigenvalue weighted by atomic mass is 32.2. The third-order valence-corrected chi connectivity index (χ3v) is 5.05. The number of nitrogens with two attached hydrogens (primary N) is 1. The van der Waals surface area contributed by atoms with Gasteiger partial charge in [-0.3, -0.25) is 4.90 Å². The van der Waals surface area contributed by atoms with Gasteiger partial charge in [0, 0.05) is 32.1 Å². The first kappa shape index (κ1) is 18.3. The molecule has 2 heterocycles. The first-order valence-corrected chi connectivity index (χ1v) is 9.78. The first-order chi connectivity index (χ1) is 10.8. The molecule has 1 atom stereocenters. The lowest BCUT2D eigenvalue weighted by Crippen LogP contribution is -2.47. The van der Waals surface area contributed by atoms with Crippen molar-refractivity contribution in [1.29, 1.82) is 0 Å². The lowest BCUT2D eigenvalue weighted by atomic mass is 10.2. The first-order valence-electron chi connectivity index (χ1n) is 8.06. The van der Waals surface area contributed by atoms with E-state index in [0.717, 1.165) is 38.5 Å². The number of rotatable bonds is 7. The largest absolute Gasteiger partial charge is 0.338 e. The third-order valence-electron chi connectivity index (χ3n) is 4.19. The normalized spacial score (nSPS) is 19.3. The van der Waals surface area contributed by atoms with Gasteiger partial charge in [-0.1, -0.05) is 19.0 Å². The third kappa shape index (κ3) is 5.52. The summed E-state index contributed by atoms with van der Waals surface area (Å²) in [5, 5.41) is 9.04. The van der Waals surface area contributed by atoms with Crippen molar-refractivity contribution in [3.05, 3.63) is 11.7 Å². The second-order valence-electron chi connectivity index (χ2n) is 6.42. The molecule has 1 aromatic heterocycles. The van der Waals surface area contributed by atoms with E-state index in [2.05, 4.69) is 26.9 Å². The standard InChI is InChI=1S/C14H27N5O3S/c1-11(2)13-16-14(22-17-13)12(3)19-8-6-18(7-9-19)5-4-10-23(15,20)21/h11-12H,4-10H2,1-3H3,(H2,15,20,21)/t12-/m1/s1. The van der Waals surface area contributed by atoms with E-state index >= 15 is 0 Å². The van der Waals surface area contributed by atoms with Gasteiger partial charge in [-0.25, -0.2) is 13.6 Å². The number of hydrogen-bond donors (Lipinski definition) is 1. The van der Waals surface area contributed by atoms with Crippen LogP contribution in [0.5, 0.6) is 0 Å². The number of hydrogen-bond acceptors (Lipinski definition) is 7. The van der Waals surface area contributed by atoms with E-state index in [1.807, 2.05) is 13.8 Å². The smallest absolute Gasteiger partial charge is 0.243 e. The molecular weight excluding hydrogens is 318 g/mol. The van der Waals surface area contributed by atoms with Crippen LogP contribution < -0.4 is 5.14 Å². The van der Waals surface area contributed by atoms with Crippen LogP contribution in [-0.2, 0) is 10.0 Å². The van der Waals surface area contributed by atoms with Crippen molar-refractivity contribution in [2.45, 2.75) is 39.2 Å². The van der Waals surface area contributed by atoms with Crippen LogP contribution in [0, 0.1) is 0 Å². The van der Waals surface area contributed by atoms with Crippen LogP contribution in [0.3, 0.4) is 0 Å². The zero-order chi connectivity index (χ0) is 17.0. The maximum absolute atomic E-state index is 10.9. The molecular formula is C14H27N5O3S. The Bertz CT molecular complexity index is 593. The molecule has 0 unspecified atom stereocenters. The number of sulfonamides is 1. The summed E-state index contributed by atoms with van der Waals surface area (Å²) in [6, 6.07) is 0.0987. The fraction of sp³-hybridized carbons (Fsp3) is 0.857. The minimum atomic E-state index is -3.35. The Kier molecular flexibility index (Phi) is 6.12. The fourth-order valence-electron chi connectivity index (χ4n) is 2.67. The summed E-state index contributed by atoms with van der Waals surface area (Å²) in [5.74, 6) is 1.71. The van der Waals surface area contributed by atoms with Crippen LogP contribution in [0.1, 0.15) is 50.9 Å². The molecule has 0 radical (unpaired) electrons. The minimum Gasteiger partial charge on any atom is -0.338 e. The van der Waals surface area contributed by atoms with Crippen molar-refractivity contribution in [3.63, 3.8) is 0 Å². The van der Waals surface area contributed by atoms with Crippen LogP contribution in [0.15, 0.2) is 4.52 Å². The van der Waals surface area contributed by atoms with Gasteiger partial charge in [0.25, 0.3) is 0 Å². The fourth-order valence-corrected chi connectivity index (χ4v) is 3.20. The number of piperazine rings is 1. The summed E-state index contributed by atoms with van der Waals surface area (Å²) >= 11 is 0. The van der Waals surface area contributed by atoms with Crippen LogP contribution in [0.2, 0.25) is 0 Å². The molecule has 1 aliphatic heterocycles. The van der Waals surface area contributed by atoms with E-state index < -0.39 is 10.0 Å². The van der Waals surface area contributed by atoms with Crippen molar-refractivity contribution < 1.29 is 12.9 Å². The minimum absolute atomic E-state index is 0.0452. The summed E-state index contributed by atoms with van der Waals surface area (Å²) in [6.07, 6.45) is 0.579. The van der Waals surface area contributed by atoms with E-state index in [9.17, 15) is 8.42 Å². The Morgan fingerprint density at radius 3 is 2.39 bits per heavy atom. The van der Waals surface area contributed by atoms with Crippen molar-refractivity contribution in [1.82, 2.24) is 19.9 Å². The molecule has 9 heteroatoms. The summed E-state index contributed by atoms with van der Waals surface area (Å²) in [6.45, 7) is 10.5. The molecule has 23 heavy (non-hydrogen) atoms. The van der Waals surface area contributed by atoms with Gasteiger partial charge in [-0.2, -0.15) is 4.98 Å². The SMILES string of the molecule is CC(C)c1noc([C@@H](C)N2CCN(CCCS(N)(=O)=O)CC2)n1. The molecule has 1 saturated heterocycles. The van der Waals surface area contributed by atoms with Crippen LogP contribution in [0.4, 0.5) is 0 Å². The van der Waals surface area contributed by atoms with Gasteiger partial charge >= 0.3 is 0 Å². The zero-order valence-corrected chi connectivity index (χ0v) is 14.9. The Morgan fingerprint density at radius 2 is 1.87 bits per heavy atom. The molecule has 0 amide bonds. The average molecular weight is 345 g/mol. The highest BCUT2D eigenvalue weighted by Crippen LogP contribution is 2.21. The Morgan fingerprint density at radius 1 is 1.22 bits per heavy atom. The monoisotopic (exact) mass is 345 g/mol. The highest BCUT2D eigenvalue weighted by molar-refractivity contribution is 7.89. The van der Waals surface area contributed by atoms with E-state index in [0.29, 0.717) is 12.3 Å². The Hall–Kier alpha value is -1.03. The van der Waals surface area contributed by atoms with Gasteiger partial charge in [0.05, 0.1) is 11.8 Å². The molecule has 1 fully saturated rings. The molecule has 132 valence electrons. The molecule has 2 N–H and O–H groups in total. The van der Waals surface area contributed by atoms with Crippen molar-refractivity contribution in [2.24, 2.45) is 5.14 Å². The number of aromatic nitrogens is 2. The molecule has 8 nitrogen and oxygen atoms in total. The van der Waals surface area contributed by atoms with E-state index in [4.69, 9.17) is 9.66 Å². The van der Waals surface area contributed by atoms with Gasteiger partial charge in [-0.05, 0) is 19.9 Å². The summed E-state index contributed by atoms with van der Waals surface area (Å²) in [7, 11) is -3.35. The van der Waals surface area contributed by atoms with Crippen LogP contribution in [-0.4, -0.2) is 66.8 Å². The molecule has 1 aliphatic rings. The topological polar surface area (TPSA) is 106 Å². The molecule has 0 aliphatic carbocycles. The van der Waals surface area contributed by atoms with Gasteiger partial charge < -0.3 is 9.42 Å². The number of primary sulfonamides is 1. The lowest BCUT2D eigenvalue weighted by molar-refractivity contribution is 0.0885. The Balaban J connectivity index is 1.79. The second-order valence-corrected chi connectivity index (χ2v) is 8.15. The van der Waals surface area contributed by atoms with Gasteiger partial charge in [0.2, 0.25) is 15.9 Å². The predicted octanol–water partition coefficient (Wildman–Crippen LogP) is 0.550. The van der Waals surface area contributed by atoms with Crippen molar-refractivity contribution in [3.8, 4) is 0 Å². The molecule has 0 saturated carbocycles. The summed E-state index contributed by atoms with van der Waals surface area (Å²) in [5.41, 5.74) is 0. The maximum atomic E-state index is 10.9. The molecule has 0 bridgehead atoms. The number of nitrogens with zero attached hydrogens (tertiary/aromatic N) is 4. The van der Waals surface area contributed by atoms with Crippen molar-refractivity contribution >= 4 is 10.0 Å². The van der Waals surface area contributed by atoms with E-state index in [1.54, 1.807) is 0 Å². The lowest BCUT2D eigenvalue weighted by Gasteiger charge is -2.36. The average Bonchev–Trinajstić information content (AvgIpc) is 2.96. The molecule has 1 aromatic rings.